The number of rotatable bonds is 1. The van der Waals surface area contributed by atoms with E-state index in [0.29, 0.717) is 5.41 Å². The molecule has 3 aliphatic rings. The lowest BCUT2D eigenvalue weighted by Crippen LogP contribution is -2.57. The Balaban J connectivity index is 1.55. The van der Waals surface area contributed by atoms with Crippen molar-refractivity contribution in [1.29, 1.82) is 0 Å². The van der Waals surface area contributed by atoms with Crippen LogP contribution in [0, 0.1) is 5.41 Å². The zero-order chi connectivity index (χ0) is 13.6. The molecule has 2 aliphatic carbocycles. The van der Waals surface area contributed by atoms with E-state index in [1.165, 1.54) is 69.0 Å². The molecule has 2 saturated carbocycles. The lowest BCUT2D eigenvalue weighted by atomic mass is 9.56. The maximum Gasteiger partial charge on any atom is 0.0362 e. The molecule has 1 heterocycles. The SMILES string of the molecule is Nc1cccc2c1CN(C1CCC13CCCCC3)CC2. The highest BCUT2D eigenvalue weighted by Gasteiger charge is 2.49. The van der Waals surface area contributed by atoms with Crippen LogP contribution < -0.4 is 5.73 Å². The summed E-state index contributed by atoms with van der Waals surface area (Å²) < 4.78 is 0. The first kappa shape index (κ1) is 12.7. The molecule has 1 aromatic rings. The standard InChI is InChI=1S/C18H26N2/c19-16-6-4-5-14-8-12-20(13-15(14)16)17-7-11-18(17)9-2-1-3-10-18/h4-6,17H,1-3,7-13,19H2. The van der Waals surface area contributed by atoms with Crippen molar-refractivity contribution in [3.63, 3.8) is 0 Å². The van der Waals surface area contributed by atoms with Crippen LogP contribution in [-0.2, 0) is 13.0 Å². The van der Waals surface area contributed by atoms with E-state index in [9.17, 15) is 0 Å². The fraction of sp³-hybridized carbons (Fsp3) is 0.667. The summed E-state index contributed by atoms with van der Waals surface area (Å²) in [6.45, 7) is 2.33. The summed E-state index contributed by atoms with van der Waals surface area (Å²) in [5.74, 6) is 0. The van der Waals surface area contributed by atoms with Gasteiger partial charge >= 0.3 is 0 Å². The van der Waals surface area contributed by atoms with Crippen molar-refractivity contribution in [2.45, 2.75) is 64.0 Å². The Morgan fingerprint density at radius 3 is 2.70 bits per heavy atom. The van der Waals surface area contributed by atoms with Crippen molar-refractivity contribution < 1.29 is 0 Å². The molecular formula is C18H26N2. The molecule has 1 unspecified atom stereocenters. The van der Waals surface area contributed by atoms with Gasteiger partial charge in [-0.2, -0.15) is 0 Å². The van der Waals surface area contributed by atoms with Crippen molar-refractivity contribution in [1.82, 2.24) is 4.90 Å². The second kappa shape index (κ2) is 4.77. The van der Waals surface area contributed by atoms with E-state index in [1.807, 2.05) is 0 Å². The Hall–Kier alpha value is -1.02. The minimum Gasteiger partial charge on any atom is -0.398 e. The maximum absolute atomic E-state index is 6.21. The highest BCUT2D eigenvalue weighted by Crippen LogP contribution is 2.54. The Labute approximate surface area is 122 Å². The molecule has 1 atom stereocenters. The first-order valence-electron chi connectivity index (χ1n) is 8.39. The van der Waals surface area contributed by atoms with Gasteiger partial charge in [0.15, 0.2) is 0 Å². The number of nitrogen functional groups attached to an aromatic ring is 1. The van der Waals surface area contributed by atoms with Gasteiger partial charge in [0.25, 0.3) is 0 Å². The normalized spacial score (nSPS) is 28.9. The molecule has 108 valence electrons. The first-order valence-corrected chi connectivity index (χ1v) is 8.39. The topological polar surface area (TPSA) is 29.3 Å². The van der Waals surface area contributed by atoms with Gasteiger partial charge in [-0.3, -0.25) is 4.90 Å². The van der Waals surface area contributed by atoms with Crippen LogP contribution in [0.5, 0.6) is 0 Å². The molecule has 4 rings (SSSR count). The third-order valence-corrected chi connectivity index (χ3v) is 6.25. The number of anilines is 1. The minimum absolute atomic E-state index is 0.680. The Kier molecular flexibility index (Phi) is 3.03. The maximum atomic E-state index is 6.21. The number of fused-ring (bicyclic) bond motifs is 1. The lowest BCUT2D eigenvalue weighted by Gasteiger charge is -2.57. The zero-order valence-electron chi connectivity index (χ0n) is 12.4. The minimum atomic E-state index is 0.680. The zero-order valence-corrected chi connectivity index (χ0v) is 12.4. The number of hydrogen-bond acceptors (Lipinski definition) is 2. The predicted molar refractivity (Wildman–Crippen MR) is 83.5 cm³/mol. The van der Waals surface area contributed by atoms with E-state index in [0.717, 1.165) is 18.3 Å². The van der Waals surface area contributed by atoms with Gasteiger partial charge in [0, 0.05) is 24.8 Å². The summed E-state index contributed by atoms with van der Waals surface area (Å²) in [7, 11) is 0. The molecule has 1 aromatic carbocycles. The fourth-order valence-electron chi connectivity index (χ4n) is 4.98. The van der Waals surface area contributed by atoms with Gasteiger partial charge in [-0.25, -0.2) is 0 Å². The van der Waals surface area contributed by atoms with Gasteiger partial charge in [0.1, 0.15) is 0 Å². The first-order chi connectivity index (χ1) is 9.78. The van der Waals surface area contributed by atoms with Gasteiger partial charge in [0.2, 0.25) is 0 Å². The van der Waals surface area contributed by atoms with E-state index < -0.39 is 0 Å². The number of nitrogens with zero attached hydrogens (tertiary/aromatic N) is 1. The van der Waals surface area contributed by atoms with Gasteiger partial charge in [-0.15, -0.1) is 0 Å². The summed E-state index contributed by atoms with van der Waals surface area (Å²) in [5, 5.41) is 0. The van der Waals surface area contributed by atoms with Crippen LogP contribution in [0.25, 0.3) is 0 Å². The molecule has 1 spiro atoms. The smallest absolute Gasteiger partial charge is 0.0362 e. The molecule has 2 nitrogen and oxygen atoms in total. The summed E-state index contributed by atoms with van der Waals surface area (Å²) in [6, 6.07) is 7.28. The quantitative estimate of drug-likeness (QED) is 0.788. The van der Waals surface area contributed by atoms with Crippen LogP contribution in [0.4, 0.5) is 5.69 Å². The summed E-state index contributed by atoms with van der Waals surface area (Å²) in [4.78, 5) is 2.76. The van der Waals surface area contributed by atoms with E-state index in [1.54, 1.807) is 0 Å². The van der Waals surface area contributed by atoms with Crippen LogP contribution in [0.2, 0.25) is 0 Å². The van der Waals surface area contributed by atoms with Crippen LogP contribution in [0.3, 0.4) is 0 Å². The van der Waals surface area contributed by atoms with Gasteiger partial charge < -0.3 is 5.73 Å². The Morgan fingerprint density at radius 1 is 1.10 bits per heavy atom. The fourth-order valence-corrected chi connectivity index (χ4v) is 4.98. The highest BCUT2D eigenvalue weighted by atomic mass is 15.2. The Bertz CT molecular complexity index is 502. The monoisotopic (exact) mass is 270 g/mol. The second-order valence-corrected chi connectivity index (χ2v) is 7.18. The van der Waals surface area contributed by atoms with Gasteiger partial charge in [-0.05, 0) is 54.7 Å². The molecule has 2 heteroatoms. The number of hydrogen-bond donors (Lipinski definition) is 1. The largest absolute Gasteiger partial charge is 0.398 e. The van der Waals surface area contributed by atoms with E-state index in [-0.39, 0.29) is 0 Å². The molecule has 1 aliphatic heterocycles. The third-order valence-electron chi connectivity index (χ3n) is 6.25. The van der Waals surface area contributed by atoms with Crippen LogP contribution in [-0.4, -0.2) is 17.5 Å². The molecule has 0 radical (unpaired) electrons. The van der Waals surface area contributed by atoms with E-state index >= 15 is 0 Å². The van der Waals surface area contributed by atoms with Crippen molar-refractivity contribution in [2.24, 2.45) is 5.41 Å². The second-order valence-electron chi connectivity index (χ2n) is 7.18. The number of nitrogens with two attached hydrogens (primary N) is 1. The molecule has 0 saturated heterocycles. The van der Waals surface area contributed by atoms with Crippen LogP contribution in [0.15, 0.2) is 18.2 Å². The third kappa shape index (κ3) is 1.88. The molecular weight excluding hydrogens is 244 g/mol. The van der Waals surface area contributed by atoms with Crippen molar-refractivity contribution >= 4 is 5.69 Å². The summed E-state index contributed by atoms with van der Waals surface area (Å²) in [6.07, 6.45) is 11.4. The summed E-state index contributed by atoms with van der Waals surface area (Å²) >= 11 is 0. The molecule has 0 amide bonds. The van der Waals surface area contributed by atoms with Crippen molar-refractivity contribution in [3.8, 4) is 0 Å². The summed E-state index contributed by atoms with van der Waals surface area (Å²) in [5.41, 5.74) is 10.8. The van der Waals surface area contributed by atoms with E-state index in [2.05, 4.69) is 23.1 Å². The van der Waals surface area contributed by atoms with Gasteiger partial charge in [0.05, 0.1) is 0 Å². The van der Waals surface area contributed by atoms with Gasteiger partial charge in [-0.1, -0.05) is 31.4 Å². The number of benzene rings is 1. The highest BCUT2D eigenvalue weighted by molar-refractivity contribution is 5.51. The van der Waals surface area contributed by atoms with E-state index in [4.69, 9.17) is 5.73 Å². The molecule has 20 heavy (non-hydrogen) atoms. The van der Waals surface area contributed by atoms with Crippen molar-refractivity contribution in [3.05, 3.63) is 29.3 Å². The molecule has 0 bridgehead atoms. The van der Waals surface area contributed by atoms with Crippen molar-refractivity contribution in [2.75, 3.05) is 12.3 Å². The molecule has 2 N–H and O–H groups in total. The lowest BCUT2D eigenvalue weighted by molar-refractivity contribution is -0.0586. The average Bonchev–Trinajstić information content (AvgIpc) is 2.48. The van der Waals surface area contributed by atoms with Crippen LogP contribution >= 0.6 is 0 Å². The average molecular weight is 270 g/mol. The predicted octanol–water partition coefficient (Wildman–Crippen LogP) is 3.74. The van der Waals surface area contributed by atoms with Crippen LogP contribution in [0.1, 0.15) is 56.1 Å². The Morgan fingerprint density at radius 2 is 1.95 bits per heavy atom. The molecule has 0 aromatic heterocycles. The molecule has 2 fully saturated rings.